The normalized spacial score (nSPS) is 10.3. The summed E-state index contributed by atoms with van der Waals surface area (Å²) in [6.45, 7) is 5.85. The molecule has 6 nitrogen and oxygen atoms in total. The molecule has 2 N–H and O–H groups in total. The van der Waals surface area contributed by atoms with Crippen LogP contribution in [0.4, 0.5) is 5.69 Å². The highest BCUT2D eigenvalue weighted by Gasteiger charge is 2.09. The zero-order valence-electron chi connectivity index (χ0n) is 14.1. The molecule has 1 aromatic carbocycles. The number of benzene rings is 1. The summed E-state index contributed by atoms with van der Waals surface area (Å²) >= 11 is 1.30. The van der Waals surface area contributed by atoms with Crippen LogP contribution >= 0.6 is 11.8 Å². The van der Waals surface area contributed by atoms with Gasteiger partial charge in [-0.15, -0.1) is 0 Å². The lowest BCUT2D eigenvalue weighted by atomic mass is 10.2. The van der Waals surface area contributed by atoms with E-state index in [9.17, 15) is 9.59 Å². The van der Waals surface area contributed by atoms with Gasteiger partial charge in [-0.1, -0.05) is 11.8 Å². The summed E-state index contributed by atoms with van der Waals surface area (Å²) in [7, 11) is 1.58. The maximum absolute atomic E-state index is 12.0. The molecular weight excluding hydrogens is 324 g/mol. The summed E-state index contributed by atoms with van der Waals surface area (Å²) in [5.41, 5.74) is 4.11. The Labute approximate surface area is 145 Å². The van der Waals surface area contributed by atoms with Gasteiger partial charge in [0.1, 0.15) is 0 Å². The first kappa shape index (κ1) is 17.9. The van der Waals surface area contributed by atoms with Crippen LogP contribution in [0.2, 0.25) is 0 Å². The maximum Gasteiger partial charge on any atom is 0.251 e. The number of amides is 2. The van der Waals surface area contributed by atoms with Crippen molar-refractivity contribution >= 4 is 29.3 Å². The van der Waals surface area contributed by atoms with Crippen LogP contribution in [0, 0.1) is 20.8 Å². The zero-order valence-corrected chi connectivity index (χ0v) is 15.0. The molecule has 0 saturated heterocycles. The Bertz CT molecular complexity index is 737. The number of carbonyl (C=O) groups is 2. The van der Waals surface area contributed by atoms with E-state index in [0.717, 1.165) is 17.0 Å². The Balaban J connectivity index is 1.93. The molecule has 0 radical (unpaired) electrons. The van der Waals surface area contributed by atoms with Crippen molar-refractivity contribution in [2.45, 2.75) is 25.9 Å². The number of hydrogen-bond acceptors (Lipinski definition) is 5. The molecule has 1 heterocycles. The van der Waals surface area contributed by atoms with Crippen LogP contribution in [-0.2, 0) is 4.79 Å². The fourth-order valence-electron chi connectivity index (χ4n) is 1.98. The van der Waals surface area contributed by atoms with Gasteiger partial charge < -0.3 is 10.6 Å². The summed E-state index contributed by atoms with van der Waals surface area (Å²) < 4.78 is 0. The minimum atomic E-state index is -0.161. The van der Waals surface area contributed by atoms with Crippen LogP contribution in [0.1, 0.15) is 27.3 Å². The average molecular weight is 344 g/mol. The summed E-state index contributed by atoms with van der Waals surface area (Å²) in [6, 6.07) is 6.72. The smallest absolute Gasteiger partial charge is 0.251 e. The van der Waals surface area contributed by atoms with E-state index in [0.29, 0.717) is 16.4 Å². The second-order valence-electron chi connectivity index (χ2n) is 5.30. The predicted octanol–water partition coefficient (Wildman–Crippen LogP) is 2.49. The summed E-state index contributed by atoms with van der Waals surface area (Å²) in [6.07, 6.45) is 0. The van der Waals surface area contributed by atoms with Crippen molar-refractivity contribution in [3.05, 3.63) is 46.8 Å². The quantitative estimate of drug-likeness (QED) is 0.643. The van der Waals surface area contributed by atoms with E-state index < -0.39 is 0 Å². The molecule has 1 aromatic heterocycles. The number of aryl methyl sites for hydroxylation is 2. The first-order valence-corrected chi connectivity index (χ1v) is 8.46. The average Bonchev–Trinajstić information content (AvgIpc) is 2.57. The van der Waals surface area contributed by atoms with Crippen LogP contribution in [0.25, 0.3) is 0 Å². The van der Waals surface area contributed by atoms with Gasteiger partial charge in [-0.25, -0.2) is 9.97 Å². The van der Waals surface area contributed by atoms with E-state index in [2.05, 4.69) is 20.6 Å². The van der Waals surface area contributed by atoms with Gasteiger partial charge in [0.05, 0.1) is 5.75 Å². The first-order chi connectivity index (χ1) is 11.4. The van der Waals surface area contributed by atoms with Crippen LogP contribution < -0.4 is 10.6 Å². The van der Waals surface area contributed by atoms with Crippen molar-refractivity contribution in [1.82, 2.24) is 15.3 Å². The number of aromatic nitrogens is 2. The molecule has 0 atom stereocenters. The molecule has 0 aliphatic rings. The molecule has 2 rings (SSSR count). The van der Waals surface area contributed by atoms with Crippen LogP contribution in [0.3, 0.4) is 0 Å². The van der Waals surface area contributed by atoms with Crippen LogP contribution in [-0.4, -0.2) is 34.6 Å². The number of thioether (sulfide) groups is 1. The monoisotopic (exact) mass is 344 g/mol. The lowest BCUT2D eigenvalue weighted by Crippen LogP contribution is -2.18. The van der Waals surface area contributed by atoms with Gasteiger partial charge in [-0.3, -0.25) is 9.59 Å². The van der Waals surface area contributed by atoms with Crippen molar-refractivity contribution < 1.29 is 9.59 Å². The lowest BCUT2D eigenvalue weighted by Gasteiger charge is -2.08. The highest BCUT2D eigenvalue weighted by molar-refractivity contribution is 7.99. The number of rotatable bonds is 5. The molecule has 7 heteroatoms. The highest BCUT2D eigenvalue weighted by Crippen LogP contribution is 2.17. The Kier molecular flexibility index (Phi) is 5.92. The minimum Gasteiger partial charge on any atom is -0.355 e. The van der Waals surface area contributed by atoms with E-state index in [4.69, 9.17) is 0 Å². The van der Waals surface area contributed by atoms with E-state index in [1.807, 2.05) is 20.8 Å². The molecule has 0 fully saturated rings. The van der Waals surface area contributed by atoms with Crippen molar-refractivity contribution in [3.8, 4) is 0 Å². The SMILES string of the molecule is CNC(=O)c1ccc(NC(=O)CSc2nc(C)c(C)c(C)n2)cc1. The Morgan fingerprint density at radius 1 is 1.04 bits per heavy atom. The van der Waals surface area contributed by atoms with Gasteiger partial charge in [0, 0.05) is 29.7 Å². The topological polar surface area (TPSA) is 84.0 Å². The van der Waals surface area contributed by atoms with E-state index in [1.165, 1.54) is 11.8 Å². The van der Waals surface area contributed by atoms with Gasteiger partial charge in [-0.05, 0) is 50.6 Å². The zero-order chi connectivity index (χ0) is 17.7. The lowest BCUT2D eigenvalue weighted by molar-refractivity contribution is -0.113. The van der Waals surface area contributed by atoms with Gasteiger partial charge >= 0.3 is 0 Å². The molecule has 0 unspecified atom stereocenters. The largest absolute Gasteiger partial charge is 0.355 e. The third kappa shape index (κ3) is 4.55. The maximum atomic E-state index is 12.0. The molecule has 126 valence electrons. The van der Waals surface area contributed by atoms with Gasteiger partial charge in [0.2, 0.25) is 5.91 Å². The fourth-order valence-corrected chi connectivity index (χ4v) is 2.72. The third-order valence-electron chi connectivity index (χ3n) is 3.60. The number of nitrogens with one attached hydrogen (secondary N) is 2. The fraction of sp³-hybridized carbons (Fsp3) is 0.294. The molecular formula is C17H20N4O2S. The van der Waals surface area contributed by atoms with Crippen molar-refractivity contribution in [1.29, 1.82) is 0 Å². The molecule has 24 heavy (non-hydrogen) atoms. The number of nitrogens with zero attached hydrogens (tertiary/aromatic N) is 2. The second kappa shape index (κ2) is 7.92. The molecule has 2 aromatic rings. The Morgan fingerprint density at radius 3 is 2.17 bits per heavy atom. The minimum absolute atomic E-state index is 0.146. The standard InChI is InChI=1S/C17H20N4O2S/c1-10-11(2)19-17(20-12(10)3)24-9-15(22)21-14-7-5-13(6-8-14)16(23)18-4/h5-8H,9H2,1-4H3,(H,18,23)(H,21,22). The second-order valence-corrected chi connectivity index (χ2v) is 6.24. The van der Waals surface area contributed by atoms with E-state index >= 15 is 0 Å². The Morgan fingerprint density at radius 2 is 1.62 bits per heavy atom. The molecule has 0 aliphatic carbocycles. The van der Waals surface area contributed by atoms with Gasteiger partial charge in [0.25, 0.3) is 5.91 Å². The van der Waals surface area contributed by atoms with Crippen LogP contribution in [0.5, 0.6) is 0 Å². The summed E-state index contributed by atoms with van der Waals surface area (Å²) in [5.74, 6) is -0.0862. The van der Waals surface area contributed by atoms with E-state index in [1.54, 1.807) is 31.3 Å². The van der Waals surface area contributed by atoms with Crippen molar-refractivity contribution in [3.63, 3.8) is 0 Å². The molecule has 0 spiro atoms. The number of anilines is 1. The molecule has 2 amide bonds. The number of hydrogen-bond donors (Lipinski definition) is 2. The predicted molar refractivity (Wildman–Crippen MR) is 95.4 cm³/mol. The van der Waals surface area contributed by atoms with E-state index in [-0.39, 0.29) is 17.6 Å². The Hall–Kier alpha value is -2.41. The van der Waals surface area contributed by atoms with Crippen molar-refractivity contribution in [2.24, 2.45) is 0 Å². The molecule has 0 aliphatic heterocycles. The van der Waals surface area contributed by atoms with Crippen molar-refractivity contribution in [2.75, 3.05) is 18.1 Å². The molecule has 0 saturated carbocycles. The third-order valence-corrected chi connectivity index (χ3v) is 4.45. The van der Waals surface area contributed by atoms with Gasteiger partial charge in [-0.2, -0.15) is 0 Å². The highest BCUT2D eigenvalue weighted by atomic mass is 32.2. The summed E-state index contributed by atoms with van der Waals surface area (Å²) in [4.78, 5) is 32.3. The van der Waals surface area contributed by atoms with Crippen LogP contribution in [0.15, 0.2) is 29.4 Å². The molecule has 0 bridgehead atoms. The number of carbonyl (C=O) groups excluding carboxylic acids is 2. The van der Waals surface area contributed by atoms with Gasteiger partial charge in [0.15, 0.2) is 5.16 Å². The first-order valence-electron chi connectivity index (χ1n) is 7.47. The summed E-state index contributed by atoms with van der Waals surface area (Å²) in [5, 5.41) is 5.94.